The molecule has 0 bridgehead atoms. The molecule has 1 amide bonds. The number of carbonyl (C=O) groups is 2. The minimum atomic E-state index is -0.743. The molecule has 0 radical (unpaired) electrons. The van der Waals surface area contributed by atoms with Crippen LogP contribution in [0.2, 0.25) is 0 Å². The van der Waals surface area contributed by atoms with Gasteiger partial charge >= 0.3 is 5.97 Å². The number of nitrogens with one attached hydrogen (secondary N) is 1. The Labute approximate surface area is 167 Å². The van der Waals surface area contributed by atoms with Gasteiger partial charge in [-0.05, 0) is 17.7 Å². The van der Waals surface area contributed by atoms with Gasteiger partial charge in [-0.25, -0.2) is 4.79 Å². The Morgan fingerprint density at radius 2 is 1.79 bits per heavy atom. The Morgan fingerprint density at radius 3 is 2.46 bits per heavy atom. The molecule has 1 N–H and O–H groups in total. The van der Waals surface area contributed by atoms with Crippen molar-refractivity contribution < 1.29 is 14.3 Å². The SMILES string of the molecule is COC(=O)[C@H](Cc1ccccc1)NC(=O)CSc1nncn1-c1ccccc1. The van der Waals surface area contributed by atoms with Gasteiger partial charge in [-0.1, -0.05) is 60.3 Å². The Bertz CT molecular complexity index is 915. The van der Waals surface area contributed by atoms with Gasteiger partial charge in [0, 0.05) is 12.1 Å². The molecule has 0 saturated heterocycles. The minimum absolute atomic E-state index is 0.105. The summed E-state index contributed by atoms with van der Waals surface area (Å²) in [6, 6.07) is 18.4. The second-order valence-electron chi connectivity index (χ2n) is 5.94. The number of ether oxygens (including phenoxy) is 1. The molecule has 0 saturated carbocycles. The first-order valence-corrected chi connectivity index (χ1v) is 9.65. The fourth-order valence-electron chi connectivity index (χ4n) is 2.64. The van der Waals surface area contributed by atoms with Crippen LogP contribution in [0.1, 0.15) is 5.56 Å². The van der Waals surface area contributed by atoms with Gasteiger partial charge in [0.25, 0.3) is 0 Å². The van der Waals surface area contributed by atoms with Crippen molar-refractivity contribution >= 4 is 23.6 Å². The molecule has 1 aromatic heterocycles. The van der Waals surface area contributed by atoms with E-state index in [-0.39, 0.29) is 11.7 Å². The van der Waals surface area contributed by atoms with E-state index in [1.54, 1.807) is 10.9 Å². The maximum absolute atomic E-state index is 12.4. The van der Waals surface area contributed by atoms with Crippen molar-refractivity contribution in [2.24, 2.45) is 0 Å². The lowest BCUT2D eigenvalue weighted by molar-refractivity contribution is -0.144. The Hall–Kier alpha value is -3.13. The summed E-state index contributed by atoms with van der Waals surface area (Å²) < 4.78 is 6.63. The van der Waals surface area contributed by atoms with E-state index in [9.17, 15) is 9.59 Å². The van der Waals surface area contributed by atoms with Crippen LogP contribution < -0.4 is 5.32 Å². The van der Waals surface area contributed by atoms with Gasteiger partial charge in [0.1, 0.15) is 12.4 Å². The van der Waals surface area contributed by atoms with Crippen LogP contribution in [-0.4, -0.2) is 45.5 Å². The van der Waals surface area contributed by atoms with Crippen LogP contribution in [0.25, 0.3) is 5.69 Å². The molecule has 1 atom stereocenters. The molecule has 8 heteroatoms. The van der Waals surface area contributed by atoms with Crippen molar-refractivity contribution in [1.29, 1.82) is 0 Å². The number of benzene rings is 2. The molecule has 144 valence electrons. The molecular formula is C20H20N4O3S. The number of hydrogen-bond acceptors (Lipinski definition) is 6. The van der Waals surface area contributed by atoms with Crippen molar-refractivity contribution in [1.82, 2.24) is 20.1 Å². The molecule has 2 aromatic carbocycles. The smallest absolute Gasteiger partial charge is 0.328 e. The fraction of sp³-hybridized carbons (Fsp3) is 0.200. The van der Waals surface area contributed by atoms with Crippen LogP contribution in [0.3, 0.4) is 0 Å². The summed E-state index contributed by atoms with van der Waals surface area (Å²) in [5, 5.41) is 11.3. The maximum atomic E-state index is 12.4. The highest BCUT2D eigenvalue weighted by molar-refractivity contribution is 7.99. The van der Waals surface area contributed by atoms with Crippen molar-refractivity contribution in [2.75, 3.05) is 12.9 Å². The monoisotopic (exact) mass is 396 g/mol. The van der Waals surface area contributed by atoms with Gasteiger partial charge in [0.2, 0.25) is 5.91 Å². The normalized spacial score (nSPS) is 11.6. The van der Waals surface area contributed by atoms with E-state index in [0.29, 0.717) is 11.6 Å². The summed E-state index contributed by atoms with van der Waals surface area (Å²) in [6.07, 6.45) is 1.96. The van der Waals surface area contributed by atoms with Crippen LogP contribution in [0.5, 0.6) is 0 Å². The summed E-state index contributed by atoms with van der Waals surface area (Å²) in [5.74, 6) is -0.651. The molecule has 1 heterocycles. The average molecular weight is 396 g/mol. The molecule has 0 fully saturated rings. The predicted octanol–water partition coefficient (Wildman–Crippen LogP) is 2.26. The minimum Gasteiger partial charge on any atom is -0.467 e. The lowest BCUT2D eigenvalue weighted by Crippen LogP contribution is -2.43. The number of thioether (sulfide) groups is 1. The molecule has 3 aromatic rings. The Morgan fingerprint density at radius 1 is 1.11 bits per heavy atom. The number of para-hydroxylation sites is 1. The number of nitrogens with zero attached hydrogens (tertiary/aromatic N) is 3. The van der Waals surface area contributed by atoms with E-state index >= 15 is 0 Å². The number of amides is 1. The first-order valence-electron chi connectivity index (χ1n) is 8.66. The fourth-order valence-corrected chi connectivity index (χ4v) is 3.38. The summed E-state index contributed by atoms with van der Waals surface area (Å²) in [6.45, 7) is 0. The highest BCUT2D eigenvalue weighted by Crippen LogP contribution is 2.19. The zero-order valence-electron chi connectivity index (χ0n) is 15.3. The number of esters is 1. The van der Waals surface area contributed by atoms with Crippen LogP contribution in [0.4, 0.5) is 0 Å². The van der Waals surface area contributed by atoms with Crippen LogP contribution in [0, 0.1) is 0 Å². The maximum Gasteiger partial charge on any atom is 0.328 e. The zero-order valence-corrected chi connectivity index (χ0v) is 16.1. The van der Waals surface area contributed by atoms with Crippen molar-refractivity contribution in [2.45, 2.75) is 17.6 Å². The molecule has 7 nitrogen and oxygen atoms in total. The van der Waals surface area contributed by atoms with E-state index in [0.717, 1.165) is 11.3 Å². The van der Waals surface area contributed by atoms with Gasteiger partial charge in [-0.15, -0.1) is 10.2 Å². The molecule has 0 spiro atoms. The highest BCUT2D eigenvalue weighted by atomic mass is 32.2. The molecule has 0 unspecified atom stereocenters. The summed E-state index contributed by atoms with van der Waals surface area (Å²) in [4.78, 5) is 24.5. The quantitative estimate of drug-likeness (QED) is 0.464. The second kappa shape index (κ2) is 9.70. The third-order valence-corrected chi connectivity index (χ3v) is 4.93. The third kappa shape index (κ3) is 5.20. The largest absolute Gasteiger partial charge is 0.467 e. The molecule has 3 rings (SSSR count). The average Bonchev–Trinajstić information content (AvgIpc) is 3.21. The van der Waals surface area contributed by atoms with E-state index in [4.69, 9.17) is 4.74 Å². The lowest BCUT2D eigenvalue weighted by atomic mass is 10.1. The number of carbonyl (C=O) groups excluding carboxylic acids is 2. The molecule has 28 heavy (non-hydrogen) atoms. The Balaban J connectivity index is 1.61. The number of aromatic nitrogens is 3. The van der Waals surface area contributed by atoms with E-state index in [1.807, 2.05) is 60.7 Å². The van der Waals surface area contributed by atoms with Crippen LogP contribution in [0.15, 0.2) is 72.1 Å². The highest BCUT2D eigenvalue weighted by Gasteiger charge is 2.22. The van der Waals surface area contributed by atoms with E-state index in [2.05, 4.69) is 15.5 Å². The van der Waals surface area contributed by atoms with E-state index in [1.165, 1.54) is 18.9 Å². The summed E-state index contributed by atoms with van der Waals surface area (Å²) in [7, 11) is 1.31. The van der Waals surface area contributed by atoms with Crippen molar-refractivity contribution in [3.8, 4) is 5.69 Å². The lowest BCUT2D eigenvalue weighted by Gasteiger charge is -2.16. The van der Waals surface area contributed by atoms with Gasteiger partial charge in [0.05, 0.1) is 12.9 Å². The molecular weight excluding hydrogens is 376 g/mol. The molecule has 0 aliphatic heterocycles. The number of methoxy groups -OCH3 is 1. The number of hydrogen-bond donors (Lipinski definition) is 1. The van der Waals surface area contributed by atoms with Crippen molar-refractivity contribution in [3.05, 3.63) is 72.6 Å². The summed E-state index contributed by atoms with van der Waals surface area (Å²) >= 11 is 1.25. The van der Waals surface area contributed by atoms with Gasteiger partial charge < -0.3 is 10.1 Å². The van der Waals surface area contributed by atoms with Crippen molar-refractivity contribution in [3.63, 3.8) is 0 Å². The van der Waals surface area contributed by atoms with Gasteiger partial charge in [-0.2, -0.15) is 0 Å². The van der Waals surface area contributed by atoms with Gasteiger partial charge in [0.15, 0.2) is 5.16 Å². The first-order chi connectivity index (χ1) is 13.7. The topological polar surface area (TPSA) is 86.1 Å². The third-order valence-electron chi connectivity index (χ3n) is 3.99. The first kappa shape index (κ1) is 19.6. The zero-order chi connectivity index (χ0) is 19.8. The van der Waals surface area contributed by atoms with Crippen LogP contribution in [-0.2, 0) is 20.7 Å². The second-order valence-corrected chi connectivity index (χ2v) is 6.88. The molecule has 0 aliphatic carbocycles. The number of rotatable bonds is 8. The summed E-state index contributed by atoms with van der Waals surface area (Å²) in [5.41, 5.74) is 1.85. The standard InChI is InChI=1S/C20H20N4O3S/c1-27-19(26)17(12-15-8-4-2-5-9-15)22-18(25)13-28-20-23-21-14-24(20)16-10-6-3-7-11-16/h2-11,14,17H,12-13H2,1H3,(H,22,25)/t17-/m0/s1. The molecule has 0 aliphatic rings. The Kier molecular flexibility index (Phi) is 6.80. The van der Waals surface area contributed by atoms with Crippen LogP contribution >= 0.6 is 11.8 Å². The van der Waals surface area contributed by atoms with Gasteiger partial charge in [-0.3, -0.25) is 9.36 Å². The van der Waals surface area contributed by atoms with E-state index < -0.39 is 12.0 Å². The predicted molar refractivity (Wildman–Crippen MR) is 106 cm³/mol.